The Balaban J connectivity index is 1.33. The first-order valence-corrected chi connectivity index (χ1v) is 11.5. The molecule has 0 atom stereocenters. The summed E-state index contributed by atoms with van der Waals surface area (Å²) in [6, 6.07) is 20.9. The highest BCUT2D eigenvalue weighted by atomic mass is 35.5. The predicted molar refractivity (Wildman–Crippen MR) is 136 cm³/mol. The molecule has 1 aliphatic heterocycles. The van der Waals surface area contributed by atoms with Gasteiger partial charge in [-0.3, -0.25) is 4.79 Å². The fourth-order valence-corrected chi connectivity index (χ4v) is 3.71. The zero-order valence-corrected chi connectivity index (χ0v) is 19.8. The Bertz CT molecular complexity index is 1120. The second kappa shape index (κ2) is 11.6. The molecule has 0 unspecified atom stereocenters. The number of hydrogen-bond acceptors (Lipinski definition) is 5. The summed E-state index contributed by atoms with van der Waals surface area (Å²) >= 11 is 5.93. The third kappa shape index (κ3) is 6.53. The van der Waals surface area contributed by atoms with Gasteiger partial charge in [0.1, 0.15) is 6.61 Å². The Morgan fingerprint density at radius 2 is 1.76 bits per heavy atom. The second-order valence-electron chi connectivity index (χ2n) is 7.79. The highest BCUT2D eigenvalue weighted by Gasteiger charge is 2.11. The molecule has 1 amide bonds. The number of rotatable bonds is 8. The average Bonchev–Trinajstić information content (AvgIpc) is 2.88. The summed E-state index contributed by atoms with van der Waals surface area (Å²) in [5, 5.41) is 3.58. The first kappa shape index (κ1) is 23.7. The molecule has 1 heterocycles. The highest BCUT2D eigenvalue weighted by Crippen LogP contribution is 2.29. The molecule has 176 valence electrons. The molecule has 0 bridgehead atoms. The summed E-state index contributed by atoms with van der Waals surface area (Å²) in [6.07, 6.45) is 3.24. The summed E-state index contributed by atoms with van der Waals surface area (Å²) in [5.74, 6) is 1.01. The van der Waals surface area contributed by atoms with Gasteiger partial charge in [0.05, 0.1) is 20.3 Å². The van der Waals surface area contributed by atoms with E-state index in [1.165, 1.54) is 6.08 Å². The molecule has 3 aromatic rings. The normalized spacial score (nSPS) is 13.6. The third-order valence-corrected chi connectivity index (χ3v) is 5.69. The number of hydrogen-bond donors (Lipinski definition) is 1. The van der Waals surface area contributed by atoms with E-state index in [2.05, 4.69) is 10.2 Å². The number of benzene rings is 3. The summed E-state index contributed by atoms with van der Waals surface area (Å²) in [7, 11) is 1.59. The fraction of sp³-hybridized carbons (Fsp3) is 0.222. The Morgan fingerprint density at radius 1 is 1.03 bits per heavy atom. The number of carbonyl (C=O) groups excluding carboxylic acids is 1. The van der Waals surface area contributed by atoms with Crippen LogP contribution in [0.5, 0.6) is 11.5 Å². The van der Waals surface area contributed by atoms with E-state index in [1.54, 1.807) is 13.2 Å². The smallest absolute Gasteiger partial charge is 0.248 e. The van der Waals surface area contributed by atoms with Crippen molar-refractivity contribution in [2.45, 2.75) is 6.61 Å². The number of anilines is 2. The van der Waals surface area contributed by atoms with E-state index < -0.39 is 0 Å². The van der Waals surface area contributed by atoms with E-state index >= 15 is 0 Å². The summed E-state index contributed by atoms with van der Waals surface area (Å²) in [6.45, 7) is 3.63. The van der Waals surface area contributed by atoms with Gasteiger partial charge < -0.3 is 24.4 Å². The van der Waals surface area contributed by atoms with Crippen molar-refractivity contribution in [1.82, 2.24) is 0 Å². The van der Waals surface area contributed by atoms with Crippen molar-refractivity contribution in [3.05, 3.63) is 89.0 Å². The molecule has 0 spiro atoms. The molecule has 3 aromatic carbocycles. The number of methoxy groups -OCH3 is 1. The van der Waals surface area contributed by atoms with Crippen LogP contribution < -0.4 is 19.7 Å². The van der Waals surface area contributed by atoms with Crippen LogP contribution in [0.15, 0.2) is 72.8 Å². The minimum Gasteiger partial charge on any atom is -0.493 e. The summed E-state index contributed by atoms with van der Waals surface area (Å²) < 4.78 is 16.7. The van der Waals surface area contributed by atoms with Gasteiger partial charge in [-0.2, -0.15) is 0 Å². The lowest BCUT2D eigenvalue weighted by Gasteiger charge is -2.28. The van der Waals surface area contributed by atoms with Crippen LogP contribution in [0.3, 0.4) is 0 Å². The van der Waals surface area contributed by atoms with E-state index in [4.69, 9.17) is 25.8 Å². The first-order chi connectivity index (χ1) is 16.6. The lowest BCUT2D eigenvalue weighted by Crippen LogP contribution is -2.36. The van der Waals surface area contributed by atoms with Crippen molar-refractivity contribution in [3.8, 4) is 11.5 Å². The molecule has 0 aromatic heterocycles. The molecule has 4 rings (SSSR count). The Kier molecular flexibility index (Phi) is 8.07. The van der Waals surface area contributed by atoms with Crippen molar-refractivity contribution in [2.24, 2.45) is 0 Å². The maximum atomic E-state index is 12.4. The van der Waals surface area contributed by atoms with E-state index in [1.807, 2.05) is 66.7 Å². The average molecular weight is 479 g/mol. The lowest BCUT2D eigenvalue weighted by atomic mass is 10.2. The lowest BCUT2D eigenvalue weighted by molar-refractivity contribution is -0.111. The van der Waals surface area contributed by atoms with E-state index in [-0.39, 0.29) is 5.91 Å². The molecule has 1 fully saturated rings. The minimum absolute atomic E-state index is 0.207. The van der Waals surface area contributed by atoms with Crippen LogP contribution in [0.4, 0.5) is 11.4 Å². The van der Waals surface area contributed by atoms with Crippen molar-refractivity contribution < 1.29 is 19.0 Å². The van der Waals surface area contributed by atoms with Crippen LogP contribution in [0.25, 0.3) is 6.08 Å². The second-order valence-corrected chi connectivity index (χ2v) is 8.23. The standard InChI is InChI=1S/C27H27ClN2O4/c1-32-26-18-20(4-12-25(26)34-19-21-2-6-22(28)7-3-21)5-13-27(31)29-23-8-10-24(11-9-23)30-14-16-33-17-15-30/h2-13,18H,14-17,19H2,1H3,(H,29,31)/b13-5+. The van der Waals surface area contributed by atoms with Gasteiger partial charge in [0.25, 0.3) is 0 Å². The highest BCUT2D eigenvalue weighted by molar-refractivity contribution is 6.30. The monoisotopic (exact) mass is 478 g/mol. The third-order valence-electron chi connectivity index (χ3n) is 5.43. The Labute approximate surface area is 204 Å². The number of nitrogens with one attached hydrogen (secondary N) is 1. The Hall–Kier alpha value is -3.48. The first-order valence-electron chi connectivity index (χ1n) is 11.1. The zero-order chi connectivity index (χ0) is 23.8. The fourth-order valence-electron chi connectivity index (χ4n) is 3.58. The van der Waals surface area contributed by atoms with E-state index in [0.717, 1.165) is 48.8 Å². The van der Waals surface area contributed by atoms with Crippen molar-refractivity contribution in [2.75, 3.05) is 43.6 Å². The van der Waals surface area contributed by atoms with Crippen LogP contribution in [-0.4, -0.2) is 39.3 Å². The molecule has 0 radical (unpaired) electrons. The molecule has 1 aliphatic rings. The van der Waals surface area contributed by atoms with Crippen LogP contribution in [0, 0.1) is 0 Å². The number of carbonyl (C=O) groups is 1. The van der Waals surface area contributed by atoms with Gasteiger partial charge in [0.15, 0.2) is 11.5 Å². The maximum Gasteiger partial charge on any atom is 0.248 e. The quantitative estimate of drug-likeness (QED) is 0.438. The summed E-state index contributed by atoms with van der Waals surface area (Å²) in [5.41, 5.74) is 3.70. The number of halogens is 1. The van der Waals surface area contributed by atoms with Gasteiger partial charge in [-0.1, -0.05) is 29.8 Å². The molecule has 0 aliphatic carbocycles. The van der Waals surface area contributed by atoms with Crippen LogP contribution in [-0.2, 0) is 16.1 Å². The molecule has 0 saturated carbocycles. The van der Waals surface area contributed by atoms with Crippen molar-refractivity contribution in [3.63, 3.8) is 0 Å². The summed E-state index contributed by atoms with van der Waals surface area (Å²) in [4.78, 5) is 14.7. The number of nitrogens with zero attached hydrogens (tertiary/aromatic N) is 1. The van der Waals surface area contributed by atoms with Gasteiger partial charge in [-0.05, 0) is 65.7 Å². The van der Waals surface area contributed by atoms with Crippen molar-refractivity contribution >= 4 is 35.0 Å². The molecule has 7 heteroatoms. The van der Waals surface area contributed by atoms with Crippen molar-refractivity contribution in [1.29, 1.82) is 0 Å². The van der Waals surface area contributed by atoms with Gasteiger partial charge >= 0.3 is 0 Å². The molecule has 6 nitrogen and oxygen atoms in total. The number of amides is 1. The maximum absolute atomic E-state index is 12.4. The topological polar surface area (TPSA) is 60.0 Å². The van der Waals surface area contributed by atoms with Gasteiger partial charge in [-0.25, -0.2) is 0 Å². The van der Waals surface area contributed by atoms with Crippen LogP contribution in [0.1, 0.15) is 11.1 Å². The van der Waals surface area contributed by atoms with Crippen LogP contribution >= 0.6 is 11.6 Å². The van der Waals surface area contributed by atoms with Gasteiger partial charge in [-0.15, -0.1) is 0 Å². The minimum atomic E-state index is -0.207. The number of ether oxygens (including phenoxy) is 3. The zero-order valence-electron chi connectivity index (χ0n) is 19.0. The SMILES string of the molecule is COc1cc(/C=C/C(=O)Nc2ccc(N3CCOCC3)cc2)ccc1OCc1ccc(Cl)cc1. The molecule has 1 saturated heterocycles. The van der Waals surface area contributed by atoms with Gasteiger partial charge in [0.2, 0.25) is 5.91 Å². The van der Waals surface area contributed by atoms with E-state index in [0.29, 0.717) is 23.1 Å². The van der Waals surface area contributed by atoms with Gasteiger partial charge in [0, 0.05) is 35.6 Å². The molecule has 34 heavy (non-hydrogen) atoms. The Morgan fingerprint density at radius 3 is 2.47 bits per heavy atom. The molecule has 1 N–H and O–H groups in total. The molecular formula is C27H27ClN2O4. The van der Waals surface area contributed by atoms with E-state index in [9.17, 15) is 4.79 Å². The predicted octanol–water partition coefficient (Wildman–Crippen LogP) is 5.42. The molecular weight excluding hydrogens is 452 g/mol. The van der Waals surface area contributed by atoms with Crippen LogP contribution in [0.2, 0.25) is 5.02 Å². The largest absolute Gasteiger partial charge is 0.493 e. The number of morpholine rings is 1.